The number of non-ortho nitro benzene ring substituents is 1. The molecule has 0 bridgehead atoms. The van der Waals surface area contributed by atoms with Crippen molar-refractivity contribution >= 4 is 49.8 Å². The summed E-state index contributed by atoms with van der Waals surface area (Å²) in [7, 11) is 0. The van der Waals surface area contributed by atoms with Gasteiger partial charge in [0.15, 0.2) is 5.13 Å². The monoisotopic (exact) mass is 529 g/mol. The van der Waals surface area contributed by atoms with E-state index < -0.39 is 22.7 Å². The maximum Gasteiger partial charge on any atom is 0.301 e. The molecule has 0 spiro atoms. The molecule has 0 unspecified atom stereocenters. The molecule has 1 aliphatic heterocycles. The van der Waals surface area contributed by atoms with Gasteiger partial charge in [-0.15, -0.1) is 0 Å². The highest BCUT2D eigenvalue weighted by Crippen LogP contribution is 2.45. The van der Waals surface area contributed by atoms with E-state index in [4.69, 9.17) is 4.74 Å². The van der Waals surface area contributed by atoms with Crippen LogP contribution in [0, 0.1) is 24.0 Å². The van der Waals surface area contributed by atoms with Crippen LogP contribution in [0.2, 0.25) is 0 Å². The first-order valence-electron chi connectivity index (χ1n) is 11.9. The molecule has 4 aromatic rings. The predicted molar refractivity (Wildman–Crippen MR) is 145 cm³/mol. The molecule has 1 fully saturated rings. The van der Waals surface area contributed by atoms with Crippen LogP contribution in [0.4, 0.5) is 10.8 Å². The van der Waals surface area contributed by atoms with Crippen molar-refractivity contribution in [3.63, 3.8) is 0 Å². The van der Waals surface area contributed by atoms with Crippen molar-refractivity contribution < 1.29 is 24.4 Å². The topological polar surface area (TPSA) is 123 Å². The van der Waals surface area contributed by atoms with Gasteiger partial charge in [0.05, 0.1) is 33.4 Å². The molecule has 1 N–H and O–H groups in total. The number of hydrogen-bond donors (Lipinski definition) is 1. The smallest absolute Gasteiger partial charge is 0.301 e. The SMILES string of the molecule is CCOc1ccc(/C(O)=C2\C(=O)C(=O)N(c3nc4c(C)cc(C)cc4s3)[C@H]2c2ccc([N+](=O)[O-])cc2)cc1. The lowest BCUT2D eigenvalue weighted by atomic mass is 9.95. The molecule has 5 rings (SSSR count). The second-order valence-corrected chi connectivity index (χ2v) is 9.91. The number of anilines is 1. The molecular weight excluding hydrogens is 506 g/mol. The lowest BCUT2D eigenvalue weighted by molar-refractivity contribution is -0.384. The number of nitrogens with zero attached hydrogens (tertiary/aromatic N) is 3. The zero-order chi connectivity index (χ0) is 27.1. The number of carbonyl (C=O) groups excluding carboxylic acids is 2. The summed E-state index contributed by atoms with van der Waals surface area (Å²) >= 11 is 1.26. The number of thiazole rings is 1. The Balaban J connectivity index is 1.70. The van der Waals surface area contributed by atoms with Crippen molar-refractivity contribution in [2.24, 2.45) is 0 Å². The van der Waals surface area contributed by atoms with Gasteiger partial charge in [0.1, 0.15) is 11.5 Å². The minimum atomic E-state index is -1.04. The van der Waals surface area contributed by atoms with Gasteiger partial charge in [0.25, 0.3) is 11.5 Å². The van der Waals surface area contributed by atoms with Gasteiger partial charge in [-0.1, -0.05) is 17.4 Å². The Hall–Kier alpha value is -4.57. The standard InChI is InChI=1S/C28H23N3O6S/c1-4-37-20-11-7-18(8-12-20)25(32)22-24(17-5-9-19(10-6-17)31(35)36)30(27(34)26(22)33)28-29-23-16(3)13-15(2)14-21(23)38-28/h5-14,24,32H,4H2,1-3H3/b25-22+/t24-/m0/s1. The first-order valence-corrected chi connectivity index (χ1v) is 12.7. The van der Waals surface area contributed by atoms with E-state index in [0.717, 1.165) is 15.8 Å². The normalized spacial score (nSPS) is 16.8. The third-order valence-corrected chi connectivity index (χ3v) is 7.33. The van der Waals surface area contributed by atoms with E-state index in [1.165, 1.54) is 40.5 Å². The lowest BCUT2D eigenvalue weighted by Gasteiger charge is -2.22. The summed E-state index contributed by atoms with van der Waals surface area (Å²) in [6, 6.07) is 15.0. The van der Waals surface area contributed by atoms with Gasteiger partial charge in [-0.05, 0) is 79.9 Å². The zero-order valence-electron chi connectivity index (χ0n) is 20.8. The minimum Gasteiger partial charge on any atom is -0.507 e. The fourth-order valence-electron chi connectivity index (χ4n) is 4.62. The van der Waals surface area contributed by atoms with Crippen molar-refractivity contribution in [1.29, 1.82) is 0 Å². The highest BCUT2D eigenvalue weighted by atomic mass is 32.1. The van der Waals surface area contributed by atoms with Crippen LogP contribution in [0.1, 0.15) is 35.2 Å². The van der Waals surface area contributed by atoms with Crippen LogP contribution in [0.3, 0.4) is 0 Å². The number of carbonyl (C=O) groups is 2. The number of amides is 1. The summed E-state index contributed by atoms with van der Waals surface area (Å²) in [5.41, 5.74) is 3.17. The number of rotatable bonds is 6. The van der Waals surface area contributed by atoms with Crippen molar-refractivity contribution in [2.45, 2.75) is 26.8 Å². The van der Waals surface area contributed by atoms with Crippen LogP contribution < -0.4 is 9.64 Å². The summed E-state index contributed by atoms with van der Waals surface area (Å²) < 4.78 is 6.31. The van der Waals surface area contributed by atoms with Crippen LogP contribution in [0.25, 0.3) is 16.0 Å². The van der Waals surface area contributed by atoms with E-state index in [1.54, 1.807) is 24.3 Å². The van der Waals surface area contributed by atoms with E-state index in [0.29, 0.717) is 34.1 Å². The molecular formula is C28H23N3O6S. The molecule has 9 nitrogen and oxygen atoms in total. The highest BCUT2D eigenvalue weighted by Gasteiger charge is 2.48. The van der Waals surface area contributed by atoms with E-state index in [-0.39, 0.29) is 17.0 Å². The van der Waals surface area contributed by atoms with Gasteiger partial charge >= 0.3 is 5.91 Å². The predicted octanol–water partition coefficient (Wildman–Crippen LogP) is 5.85. The van der Waals surface area contributed by atoms with Gasteiger partial charge < -0.3 is 9.84 Å². The second-order valence-electron chi connectivity index (χ2n) is 8.90. The third kappa shape index (κ3) is 4.28. The van der Waals surface area contributed by atoms with Crippen molar-refractivity contribution in [3.05, 3.63) is 98.6 Å². The average molecular weight is 530 g/mol. The number of ether oxygens (including phenoxy) is 1. The Morgan fingerprint density at radius 1 is 1.11 bits per heavy atom. The number of fused-ring (bicyclic) bond motifs is 1. The van der Waals surface area contributed by atoms with E-state index >= 15 is 0 Å². The molecule has 3 aromatic carbocycles. The number of benzene rings is 3. The number of hydrogen-bond acceptors (Lipinski definition) is 8. The zero-order valence-corrected chi connectivity index (χ0v) is 21.6. The maximum absolute atomic E-state index is 13.4. The number of aliphatic hydroxyl groups is 1. The van der Waals surface area contributed by atoms with Crippen LogP contribution >= 0.6 is 11.3 Å². The van der Waals surface area contributed by atoms with Crippen LogP contribution in [0.5, 0.6) is 5.75 Å². The fraction of sp³-hybridized carbons (Fsp3) is 0.179. The van der Waals surface area contributed by atoms with E-state index in [2.05, 4.69) is 4.98 Å². The van der Waals surface area contributed by atoms with Crippen molar-refractivity contribution in [3.8, 4) is 5.75 Å². The molecule has 1 saturated heterocycles. The summed E-state index contributed by atoms with van der Waals surface area (Å²) in [5, 5.41) is 22.8. The van der Waals surface area contributed by atoms with Crippen LogP contribution in [0.15, 0.2) is 66.2 Å². The largest absolute Gasteiger partial charge is 0.507 e. The molecule has 0 aliphatic carbocycles. The van der Waals surface area contributed by atoms with E-state index in [1.807, 2.05) is 32.9 Å². The average Bonchev–Trinajstić information content (AvgIpc) is 3.43. The molecule has 10 heteroatoms. The number of aliphatic hydroxyl groups excluding tert-OH is 1. The van der Waals surface area contributed by atoms with Crippen molar-refractivity contribution in [1.82, 2.24) is 4.98 Å². The highest BCUT2D eigenvalue weighted by molar-refractivity contribution is 7.22. The Kier molecular flexibility index (Phi) is 6.41. The van der Waals surface area contributed by atoms with Gasteiger partial charge in [-0.25, -0.2) is 4.98 Å². The number of nitro benzene ring substituents is 1. The van der Waals surface area contributed by atoms with Gasteiger partial charge in [-0.3, -0.25) is 24.6 Å². The van der Waals surface area contributed by atoms with Gasteiger partial charge in [0, 0.05) is 17.7 Å². The number of nitro groups is 1. The summed E-state index contributed by atoms with van der Waals surface area (Å²) in [6.07, 6.45) is 0. The molecule has 2 heterocycles. The maximum atomic E-state index is 13.4. The molecule has 38 heavy (non-hydrogen) atoms. The van der Waals surface area contributed by atoms with Crippen LogP contribution in [-0.2, 0) is 9.59 Å². The summed E-state index contributed by atoms with van der Waals surface area (Å²) in [6.45, 7) is 6.21. The van der Waals surface area contributed by atoms with Crippen molar-refractivity contribution in [2.75, 3.05) is 11.5 Å². The Labute approximate surface area is 221 Å². The summed E-state index contributed by atoms with van der Waals surface area (Å²) in [5.74, 6) is -1.47. The van der Waals surface area contributed by atoms with E-state index in [9.17, 15) is 24.8 Å². The van der Waals surface area contributed by atoms with Gasteiger partial charge in [-0.2, -0.15) is 0 Å². The Morgan fingerprint density at radius 3 is 2.42 bits per heavy atom. The number of aryl methyl sites for hydroxylation is 2. The molecule has 0 saturated carbocycles. The summed E-state index contributed by atoms with van der Waals surface area (Å²) in [4.78, 5) is 43.5. The number of aromatic nitrogens is 1. The first kappa shape index (κ1) is 25.1. The van der Waals surface area contributed by atoms with Gasteiger partial charge in [0.2, 0.25) is 0 Å². The fourth-order valence-corrected chi connectivity index (χ4v) is 5.79. The molecule has 0 radical (unpaired) electrons. The number of Topliss-reactive ketones (excluding diaryl/α,β-unsaturated/α-hetero) is 1. The number of ketones is 1. The third-order valence-electron chi connectivity index (χ3n) is 6.33. The first-order chi connectivity index (χ1) is 18.2. The molecule has 192 valence electrons. The molecule has 1 aliphatic rings. The second kappa shape index (κ2) is 9.71. The quantitative estimate of drug-likeness (QED) is 0.109. The minimum absolute atomic E-state index is 0.125. The molecule has 1 aromatic heterocycles. The lowest BCUT2D eigenvalue weighted by Crippen LogP contribution is -2.29. The van der Waals surface area contributed by atoms with Crippen LogP contribution in [-0.4, -0.2) is 33.3 Å². The Morgan fingerprint density at radius 2 is 1.79 bits per heavy atom. The molecule has 1 atom stereocenters. The molecule has 1 amide bonds. The Bertz CT molecular complexity index is 1620.